The second kappa shape index (κ2) is 5.83. The number of nitrogens with two attached hydrogens (primary N) is 1. The summed E-state index contributed by atoms with van der Waals surface area (Å²) in [7, 11) is 0. The van der Waals surface area contributed by atoms with Crippen LogP contribution in [0, 0.1) is 10.1 Å². The van der Waals surface area contributed by atoms with Gasteiger partial charge in [-0.1, -0.05) is 6.92 Å². The van der Waals surface area contributed by atoms with Gasteiger partial charge in [-0.3, -0.25) is 14.9 Å². The number of carbonyl (C=O) groups is 1. The molecule has 0 aliphatic rings. The number of nitrogens with zero attached hydrogens (tertiary/aromatic N) is 2. The lowest BCUT2D eigenvalue weighted by atomic mass is 10.1. The van der Waals surface area contributed by atoms with Crippen molar-refractivity contribution >= 4 is 11.6 Å². The standard InChI is InChI=1S/C12H20N4O3/c1-4-5-15-7-9(16(18)19)6-10(15)11(17)14-12(2,3)8-13/h6-7H,4-5,8,13H2,1-3H3,(H,14,17). The molecule has 0 aromatic carbocycles. The van der Waals surface area contributed by atoms with Gasteiger partial charge < -0.3 is 15.6 Å². The fourth-order valence-corrected chi connectivity index (χ4v) is 1.63. The maximum absolute atomic E-state index is 12.1. The first-order valence-electron chi connectivity index (χ1n) is 6.18. The van der Waals surface area contributed by atoms with Gasteiger partial charge in [-0.15, -0.1) is 0 Å². The van der Waals surface area contributed by atoms with Gasteiger partial charge in [0.05, 0.1) is 11.1 Å². The zero-order valence-electron chi connectivity index (χ0n) is 11.5. The topological polar surface area (TPSA) is 103 Å². The van der Waals surface area contributed by atoms with E-state index in [9.17, 15) is 14.9 Å². The highest BCUT2D eigenvalue weighted by atomic mass is 16.6. The molecule has 7 heteroatoms. The Morgan fingerprint density at radius 3 is 2.68 bits per heavy atom. The minimum atomic E-state index is -0.548. The number of rotatable bonds is 6. The molecule has 0 saturated carbocycles. The molecule has 0 aliphatic heterocycles. The van der Waals surface area contributed by atoms with Crippen LogP contribution in [-0.2, 0) is 6.54 Å². The highest BCUT2D eigenvalue weighted by Crippen LogP contribution is 2.17. The molecule has 1 heterocycles. The predicted molar refractivity (Wildman–Crippen MR) is 72.0 cm³/mol. The highest BCUT2D eigenvalue weighted by molar-refractivity contribution is 5.94. The summed E-state index contributed by atoms with van der Waals surface area (Å²) in [5.41, 5.74) is 5.21. The summed E-state index contributed by atoms with van der Waals surface area (Å²) in [5.74, 6) is -0.350. The van der Waals surface area contributed by atoms with Crippen molar-refractivity contribution in [3.8, 4) is 0 Å². The first-order valence-corrected chi connectivity index (χ1v) is 6.18. The molecular formula is C12H20N4O3. The van der Waals surface area contributed by atoms with Crippen LogP contribution in [0.4, 0.5) is 5.69 Å². The number of nitro groups is 1. The molecule has 0 radical (unpaired) electrons. The molecule has 0 fully saturated rings. The van der Waals surface area contributed by atoms with E-state index >= 15 is 0 Å². The fourth-order valence-electron chi connectivity index (χ4n) is 1.63. The zero-order chi connectivity index (χ0) is 14.6. The van der Waals surface area contributed by atoms with Gasteiger partial charge in [-0.05, 0) is 20.3 Å². The van der Waals surface area contributed by atoms with Crippen molar-refractivity contribution in [3.05, 3.63) is 28.1 Å². The smallest absolute Gasteiger partial charge is 0.287 e. The van der Waals surface area contributed by atoms with Crippen molar-refractivity contribution in [1.29, 1.82) is 0 Å². The molecule has 7 nitrogen and oxygen atoms in total. The molecule has 0 atom stereocenters. The summed E-state index contributed by atoms with van der Waals surface area (Å²) in [5, 5.41) is 13.5. The third kappa shape index (κ3) is 3.78. The molecule has 1 rings (SSSR count). The Balaban J connectivity index is 3.03. The van der Waals surface area contributed by atoms with Crippen molar-refractivity contribution in [2.24, 2.45) is 5.73 Å². The van der Waals surface area contributed by atoms with Crippen molar-refractivity contribution in [3.63, 3.8) is 0 Å². The molecule has 0 bridgehead atoms. The average molecular weight is 268 g/mol. The summed E-state index contributed by atoms with van der Waals surface area (Å²) < 4.78 is 1.60. The lowest BCUT2D eigenvalue weighted by Crippen LogP contribution is -2.49. The number of aromatic nitrogens is 1. The highest BCUT2D eigenvalue weighted by Gasteiger charge is 2.24. The Kier molecular flexibility index (Phi) is 4.66. The SMILES string of the molecule is CCCn1cc([N+](=O)[O-])cc1C(=O)NC(C)(C)CN. The number of hydrogen-bond donors (Lipinski definition) is 2. The van der Waals surface area contributed by atoms with Gasteiger partial charge in [-0.2, -0.15) is 0 Å². The van der Waals surface area contributed by atoms with E-state index in [1.807, 2.05) is 6.92 Å². The van der Waals surface area contributed by atoms with Crippen LogP contribution in [-0.4, -0.2) is 27.5 Å². The van der Waals surface area contributed by atoms with Gasteiger partial charge in [0.2, 0.25) is 0 Å². The maximum Gasteiger partial charge on any atom is 0.287 e. The van der Waals surface area contributed by atoms with Crippen molar-refractivity contribution in [2.45, 2.75) is 39.3 Å². The number of nitrogens with one attached hydrogen (secondary N) is 1. The summed E-state index contributed by atoms with van der Waals surface area (Å²) in [6.45, 7) is 6.38. The van der Waals surface area contributed by atoms with Crippen LogP contribution >= 0.6 is 0 Å². The number of carbonyl (C=O) groups excluding carboxylic acids is 1. The van der Waals surface area contributed by atoms with Crippen LogP contribution in [0.15, 0.2) is 12.3 Å². The van der Waals surface area contributed by atoms with Crippen LogP contribution in [0.25, 0.3) is 0 Å². The van der Waals surface area contributed by atoms with E-state index in [-0.39, 0.29) is 23.8 Å². The zero-order valence-corrected chi connectivity index (χ0v) is 11.5. The fraction of sp³-hybridized carbons (Fsp3) is 0.583. The number of amides is 1. The van der Waals surface area contributed by atoms with Crippen LogP contribution in [0.3, 0.4) is 0 Å². The summed E-state index contributed by atoms with van der Waals surface area (Å²) in [6.07, 6.45) is 2.17. The molecule has 1 aromatic heterocycles. The summed E-state index contributed by atoms with van der Waals surface area (Å²) in [4.78, 5) is 22.4. The van der Waals surface area contributed by atoms with E-state index in [1.165, 1.54) is 12.3 Å². The van der Waals surface area contributed by atoms with Crippen molar-refractivity contribution < 1.29 is 9.72 Å². The van der Waals surface area contributed by atoms with Gasteiger partial charge >= 0.3 is 0 Å². The third-order valence-electron chi connectivity index (χ3n) is 2.75. The Morgan fingerprint density at radius 2 is 2.21 bits per heavy atom. The van der Waals surface area contributed by atoms with Crippen LogP contribution in [0.2, 0.25) is 0 Å². The first-order chi connectivity index (χ1) is 8.80. The van der Waals surface area contributed by atoms with Gasteiger partial charge in [0, 0.05) is 24.7 Å². The molecule has 0 aliphatic carbocycles. The first kappa shape index (κ1) is 15.2. The molecular weight excluding hydrogens is 248 g/mol. The Hall–Kier alpha value is -1.89. The Bertz CT molecular complexity index is 479. The average Bonchev–Trinajstić information content (AvgIpc) is 2.73. The predicted octanol–water partition coefficient (Wildman–Crippen LogP) is 1.27. The van der Waals surface area contributed by atoms with Crippen LogP contribution in [0.5, 0.6) is 0 Å². The molecule has 0 unspecified atom stereocenters. The Morgan fingerprint density at radius 1 is 1.58 bits per heavy atom. The third-order valence-corrected chi connectivity index (χ3v) is 2.75. The molecule has 19 heavy (non-hydrogen) atoms. The van der Waals surface area contributed by atoms with Gasteiger partial charge in [0.15, 0.2) is 0 Å². The van der Waals surface area contributed by atoms with Gasteiger partial charge in [-0.25, -0.2) is 0 Å². The normalized spacial score (nSPS) is 11.4. The molecule has 106 valence electrons. The number of aryl methyl sites for hydroxylation is 1. The largest absolute Gasteiger partial charge is 0.345 e. The lowest BCUT2D eigenvalue weighted by molar-refractivity contribution is -0.384. The minimum Gasteiger partial charge on any atom is -0.345 e. The van der Waals surface area contributed by atoms with Crippen molar-refractivity contribution in [2.75, 3.05) is 6.54 Å². The van der Waals surface area contributed by atoms with Crippen LogP contribution < -0.4 is 11.1 Å². The second-order valence-electron chi connectivity index (χ2n) is 5.08. The molecule has 0 spiro atoms. The van der Waals surface area contributed by atoms with E-state index in [4.69, 9.17) is 5.73 Å². The van der Waals surface area contributed by atoms with E-state index in [0.29, 0.717) is 6.54 Å². The van der Waals surface area contributed by atoms with E-state index < -0.39 is 10.5 Å². The minimum absolute atomic E-state index is 0.0795. The second-order valence-corrected chi connectivity index (χ2v) is 5.08. The molecule has 1 aromatic rings. The number of hydrogen-bond acceptors (Lipinski definition) is 4. The van der Waals surface area contributed by atoms with E-state index in [1.54, 1.807) is 18.4 Å². The molecule has 1 amide bonds. The lowest BCUT2D eigenvalue weighted by Gasteiger charge is -2.24. The van der Waals surface area contributed by atoms with E-state index in [0.717, 1.165) is 6.42 Å². The van der Waals surface area contributed by atoms with Crippen LogP contribution in [0.1, 0.15) is 37.7 Å². The monoisotopic (exact) mass is 268 g/mol. The maximum atomic E-state index is 12.1. The summed E-state index contributed by atoms with van der Waals surface area (Å²) in [6, 6.07) is 1.29. The molecule has 0 saturated heterocycles. The Labute approximate surface area is 111 Å². The van der Waals surface area contributed by atoms with Crippen molar-refractivity contribution in [1.82, 2.24) is 9.88 Å². The van der Waals surface area contributed by atoms with E-state index in [2.05, 4.69) is 5.32 Å². The molecule has 3 N–H and O–H groups in total. The van der Waals surface area contributed by atoms with Gasteiger partial charge in [0.25, 0.3) is 11.6 Å². The summed E-state index contributed by atoms with van der Waals surface area (Å²) >= 11 is 0. The quantitative estimate of drug-likeness (QED) is 0.599. The van der Waals surface area contributed by atoms with Gasteiger partial charge in [0.1, 0.15) is 5.69 Å².